The Morgan fingerprint density at radius 2 is 2.03 bits per heavy atom. The van der Waals surface area contributed by atoms with Crippen LogP contribution in [0.3, 0.4) is 0 Å². The van der Waals surface area contributed by atoms with Crippen molar-refractivity contribution in [1.29, 1.82) is 0 Å². The summed E-state index contributed by atoms with van der Waals surface area (Å²) >= 11 is 9.78. The average molecular weight is 556 g/mol. The molecule has 4 aromatic rings. The molecule has 10 heteroatoms. The summed E-state index contributed by atoms with van der Waals surface area (Å²) < 4.78 is 7.84. The second kappa shape index (κ2) is 10.8. The number of aromatic nitrogens is 2. The average Bonchev–Trinajstić information content (AvgIpc) is 2.84. The van der Waals surface area contributed by atoms with Crippen LogP contribution in [0.4, 0.5) is 5.69 Å². The number of nitro groups is 1. The van der Waals surface area contributed by atoms with E-state index in [-0.39, 0.29) is 17.9 Å². The maximum absolute atomic E-state index is 13.1. The Balaban J connectivity index is 1.57. The molecule has 178 valence electrons. The van der Waals surface area contributed by atoms with E-state index >= 15 is 0 Å². The van der Waals surface area contributed by atoms with E-state index in [0.29, 0.717) is 45.0 Å². The number of nitro benzene ring substituents is 1. The predicted molar refractivity (Wildman–Crippen MR) is 140 cm³/mol. The Hall–Kier alpha value is -3.56. The van der Waals surface area contributed by atoms with Crippen LogP contribution in [0.25, 0.3) is 10.9 Å². The minimum Gasteiger partial charge on any atom is -0.487 e. The van der Waals surface area contributed by atoms with Crippen LogP contribution in [-0.4, -0.2) is 20.8 Å². The van der Waals surface area contributed by atoms with Gasteiger partial charge >= 0.3 is 0 Å². The molecule has 0 saturated heterocycles. The molecule has 8 nitrogen and oxygen atoms in total. The van der Waals surface area contributed by atoms with Crippen LogP contribution in [0.5, 0.6) is 5.75 Å². The lowest BCUT2D eigenvalue weighted by Crippen LogP contribution is -2.22. The molecular formula is C25H20BrClN4O4. The van der Waals surface area contributed by atoms with Crippen molar-refractivity contribution in [1.82, 2.24) is 9.66 Å². The van der Waals surface area contributed by atoms with Gasteiger partial charge in [0, 0.05) is 23.0 Å². The molecule has 0 saturated carbocycles. The molecule has 0 bridgehead atoms. The summed E-state index contributed by atoms with van der Waals surface area (Å²) in [5.41, 5.74) is 1.69. The first-order chi connectivity index (χ1) is 16.9. The molecule has 0 unspecified atom stereocenters. The third kappa shape index (κ3) is 5.75. The number of benzene rings is 3. The van der Waals surface area contributed by atoms with Gasteiger partial charge in [0.2, 0.25) is 0 Å². The summed E-state index contributed by atoms with van der Waals surface area (Å²) in [6.07, 6.45) is 2.96. The molecule has 1 heterocycles. The van der Waals surface area contributed by atoms with Gasteiger partial charge < -0.3 is 4.74 Å². The smallest absolute Gasteiger partial charge is 0.282 e. The fourth-order valence-electron chi connectivity index (χ4n) is 3.46. The summed E-state index contributed by atoms with van der Waals surface area (Å²) in [6, 6.07) is 16.7. The Labute approximate surface area is 214 Å². The van der Waals surface area contributed by atoms with Crippen LogP contribution < -0.4 is 10.3 Å². The highest BCUT2D eigenvalue weighted by atomic mass is 79.9. The van der Waals surface area contributed by atoms with Crippen molar-refractivity contribution >= 4 is 50.3 Å². The van der Waals surface area contributed by atoms with E-state index in [0.717, 1.165) is 10.9 Å². The van der Waals surface area contributed by atoms with Gasteiger partial charge in [0.1, 0.15) is 18.2 Å². The van der Waals surface area contributed by atoms with Gasteiger partial charge in [0.05, 0.1) is 27.1 Å². The number of ether oxygens (including phenoxy) is 1. The molecule has 0 radical (unpaired) electrons. The van der Waals surface area contributed by atoms with Crippen molar-refractivity contribution in [3.63, 3.8) is 0 Å². The summed E-state index contributed by atoms with van der Waals surface area (Å²) in [5, 5.41) is 16.2. The number of hydrogen-bond donors (Lipinski definition) is 0. The van der Waals surface area contributed by atoms with Gasteiger partial charge in [0.25, 0.3) is 11.2 Å². The van der Waals surface area contributed by atoms with Gasteiger partial charge in [-0.15, -0.1) is 0 Å². The molecule has 3 aromatic carbocycles. The maximum Gasteiger partial charge on any atom is 0.282 e. The van der Waals surface area contributed by atoms with Gasteiger partial charge in [-0.25, -0.2) is 4.98 Å². The molecule has 0 aliphatic heterocycles. The molecule has 0 amide bonds. The standard InChI is InChI=1S/C25H20BrClN4O4/c1-2-4-24-29-22-9-8-18(26)13-20(22)25(32)30(24)28-14-16-7-10-23(21(27)12-16)35-15-17-5-3-6-19(11-17)31(33)34/h3,5-14H,2,4,15H2,1H3. The fourth-order valence-corrected chi connectivity index (χ4v) is 4.06. The Kier molecular flexibility index (Phi) is 7.57. The Bertz CT molecular complexity index is 1500. The quantitative estimate of drug-likeness (QED) is 0.148. The molecule has 0 aliphatic carbocycles. The third-order valence-corrected chi connectivity index (χ3v) is 5.93. The second-order valence-corrected chi connectivity index (χ2v) is 9.03. The number of nitrogens with zero attached hydrogens (tertiary/aromatic N) is 4. The van der Waals surface area contributed by atoms with Crippen molar-refractivity contribution in [3.05, 3.63) is 108 Å². The van der Waals surface area contributed by atoms with Crippen LogP contribution in [0.2, 0.25) is 5.02 Å². The second-order valence-electron chi connectivity index (χ2n) is 7.71. The minimum atomic E-state index is -0.453. The number of fused-ring (bicyclic) bond motifs is 1. The van der Waals surface area contributed by atoms with Gasteiger partial charge in [-0.3, -0.25) is 14.9 Å². The molecule has 0 atom stereocenters. The molecule has 0 fully saturated rings. The predicted octanol–water partition coefficient (Wildman–Crippen LogP) is 6.13. The van der Waals surface area contributed by atoms with E-state index in [9.17, 15) is 14.9 Å². The van der Waals surface area contributed by atoms with Crippen LogP contribution in [0, 0.1) is 10.1 Å². The van der Waals surface area contributed by atoms with Crippen molar-refractivity contribution < 1.29 is 9.66 Å². The zero-order chi connectivity index (χ0) is 24.9. The summed E-state index contributed by atoms with van der Waals surface area (Å²) in [7, 11) is 0. The van der Waals surface area contributed by atoms with E-state index in [2.05, 4.69) is 26.0 Å². The molecule has 0 aliphatic rings. The maximum atomic E-state index is 13.1. The highest BCUT2D eigenvalue weighted by Gasteiger charge is 2.11. The zero-order valence-electron chi connectivity index (χ0n) is 18.6. The molecule has 0 spiro atoms. The van der Waals surface area contributed by atoms with Gasteiger partial charge in [-0.05, 0) is 53.9 Å². The van der Waals surface area contributed by atoms with E-state index in [1.807, 2.05) is 13.0 Å². The first-order valence-corrected chi connectivity index (χ1v) is 11.9. The minimum absolute atomic E-state index is 0.00280. The van der Waals surface area contributed by atoms with Crippen molar-refractivity contribution in [2.45, 2.75) is 26.4 Å². The molecular weight excluding hydrogens is 536 g/mol. The number of halogens is 2. The lowest BCUT2D eigenvalue weighted by molar-refractivity contribution is -0.384. The van der Waals surface area contributed by atoms with Crippen LogP contribution >= 0.6 is 27.5 Å². The highest BCUT2D eigenvalue weighted by molar-refractivity contribution is 9.10. The number of rotatable bonds is 8. The first kappa shape index (κ1) is 24.6. The molecule has 1 aromatic heterocycles. The van der Waals surface area contributed by atoms with Crippen LogP contribution in [-0.2, 0) is 13.0 Å². The van der Waals surface area contributed by atoms with Gasteiger partial charge in [-0.1, -0.05) is 46.6 Å². The Morgan fingerprint density at radius 3 is 2.77 bits per heavy atom. The van der Waals surface area contributed by atoms with Crippen molar-refractivity contribution in [2.75, 3.05) is 0 Å². The molecule has 0 N–H and O–H groups in total. The molecule has 4 rings (SSSR count). The number of aryl methyl sites for hydroxylation is 1. The topological polar surface area (TPSA) is 99.6 Å². The summed E-state index contributed by atoms with van der Waals surface area (Å²) in [5.74, 6) is 1.00. The SMILES string of the molecule is CCCc1nc2ccc(Br)cc2c(=O)n1N=Cc1ccc(OCc2cccc([N+](=O)[O-])c2)c(Cl)c1. The van der Waals surface area contributed by atoms with E-state index in [4.69, 9.17) is 16.3 Å². The van der Waals surface area contributed by atoms with Crippen LogP contribution in [0.1, 0.15) is 30.3 Å². The van der Waals surface area contributed by atoms with Crippen LogP contribution in [0.15, 0.2) is 75.0 Å². The largest absolute Gasteiger partial charge is 0.487 e. The first-order valence-electron chi connectivity index (χ1n) is 10.8. The lowest BCUT2D eigenvalue weighted by atomic mass is 10.2. The fraction of sp³-hybridized carbons (Fsp3) is 0.160. The zero-order valence-corrected chi connectivity index (χ0v) is 21.0. The van der Waals surface area contributed by atoms with Gasteiger partial charge in [-0.2, -0.15) is 9.78 Å². The highest BCUT2D eigenvalue weighted by Crippen LogP contribution is 2.26. The summed E-state index contributed by atoms with van der Waals surface area (Å²) in [4.78, 5) is 28.2. The van der Waals surface area contributed by atoms with E-state index < -0.39 is 4.92 Å². The normalized spacial score (nSPS) is 11.3. The molecule has 35 heavy (non-hydrogen) atoms. The Morgan fingerprint density at radius 1 is 1.20 bits per heavy atom. The monoisotopic (exact) mass is 554 g/mol. The summed E-state index contributed by atoms with van der Waals surface area (Å²) in [6.45, 7) is 2.14. The van der Waals surface area contributed by atoms with Crippen molar-refractivity contribution in [3.8, 4) is 5.75 Å². The van der Waals surface area contributed by atoms with E-state index in [1.54, 1.807) is 48.7 Å². The van der Waals surface area contributed by atoms with Gasteiger partial charge in [0.15, 0.2) is 0 Å². The third-order valence-electron chi connectivity index (χ3n) is 5.14. The van der Waals surface area contributed by atoms with Crippen molar-refractivity contribution in [2.24, 2.45) is 5.10 Å². The number of hydrogen-bond acceptors (Lipinski definition) is 6. The lowest BCUT2D eigenvalue weighted by Gasteiger charge is -2.10. The van der Waals surface area contributed by atoms with E-state index in [1.165, 1.54) is 16.8 Å². The number of non-ortho nitro benzene ring substituents is 1.